The Morgan fingerprint density at radius 1 is 1.00 bits per heavy atom. The van der Waals surface area contributed by atoms with Crippen molar-refractivity contribution in [2.75, 3.05) is 18.0 Å². The molecule has 146 valence electrons. The van der Waals surface area contributed by atoms with Crippen molar-refractivity contribution in [3.05, 3.63) is 56.3 Å². The topological polar surface area (TPSA) is 40.6 Å². The number of nitrogens with zero attached hydrogens (tertiary/aromatic N) is 2. The maximum absolute atomic E-state index is 13.5. The van der Waals surface area contributed by atoms with Crippen LogP contribution >= 0.6 is 34.5 Å². The summed E-state index contributed by atoms with van der Waals surface area (Å²) in [5.41, 5.74) is 1.36. The number of hydrogen-bond donors (Lipinski definition) is 0. The highest BCUT2D eigenvalue weighted by Crippen LogP contribution is 2.39. The third-order valence-electron chi connectivity index (χ3n) is 5.12. The second kappa shape index (κ2) is 7.54. The molecule has 0 N–H and O–H groups in total. The molecule has 0 radical (unpaired) electrons. The highest BCUT2D eigenvalue weighted by atomic mass is 35.5. The first-order valence-electron chi connectivity index (χ1n) is 9.23. The Kier molecular flexibility index (Phi) is 5.25. The lowest BCUT2D eigenvalue weighted by molar-refractivity contribution is -0.120. The van der Waals surface area contributed by atoms with E-state index in [2.05, 4.69) is 18.7 Å². The Labute approximate surface area is 178 Å². The molecule has 2 aliphatic heterocycles. The lowest BCUT2D eigenvalue weighted by atomic mass is 9.91. The molecule has 4 nitrogen and oxygen atoms in total. The van der Waals surface area contributed by atoms with Gasteiger partial charge in [-0.2, -0.15) is 0 Å². The van der Waals surface area contributed by atoms with E-state index in [-0.39, 0.29) is 11.8 Å². The smallest absolute Gasteiger partial charge is 0.282 e. The molecule has 1 aromatic carbocycles. The minimum absolute atomic E-state index is 0.312. The molecule has 0 bridgehead atoms. The number of imide groups is 1. The van der Waals surface area contributed by atoms with Crippen LogP contribution in [0.2, 0.25) is 10.0 Å². The standard InChI is InChI=1S/C21H20Cl2N2O2S/c1-12-6-13(2)11-24(10-12)19-18(17-4-3-5-28-17)20(26)25(21(19)27)16-8-14(22)7-15(23)9-16/h3-5,7-9,12-13H,6,10-11H2,1-2H3. The second-order valence-electron chi connectivity index (χ2n) is 7.63. The molecule has 4 rings (SSSR count). The number of amides is 2. The number of halogens is 2. The molecule has 2 aromatic rings. The summed E-state index contributed by atoms with van der Waals surface area (Å²) in [6.07, 6.45) is 1.12. The van der Waals surface area contributed by atoms with Crippen LogP contribution in [0.25, 0.3) is 5.57 Å². The van der Waals surface area contributed by atoms with Gasteiger partial charge in [-0.3, -0.25) is 9.59 Å². The molecule has 3 heterocycles. The second-order valence-corrected chi connectivity index (χ2v) is 9.45. The monoisotopic (exact) mass is 434 g/mol. The largest absolute Gasteiger partial charge is 0.366 e. The zero-order valence-corrected chi connectivity index (χ0v) is 17.9. The van der Waals surface area contributed by atoms with Crippen molar-refractivity contribution >= 4 is 57.6 Å². The highest BCUT2D eigenvalue weighted by molar-refractivity contribution is 7.11. The Morgan fingerprint density at radius 2 is 1.64 bits per heavy atom. The molecule has 0 saturated carbocycles. The minimum atomic E-state index is -0.327. The molecule has 7 heteroatoms. The molecule has 0 aliphatic carbocycles. The van der Waals surface area contributed by atoms with Crippen LogP contribution in [0.1, 0.15) is 25.1 Å². The molecule has 2 unspecified atom stereocenters. The van der Waals surface area contributed by atoms with E-state index in [1.807, 2.05) is 17.5 Å². The Hall–Kier alpha value is -1.82. The summed E-state index contributed by atoms with van der Waals surface area (Å²) in [4.78, 5) is 31.0. The fourth-order valence-electron chi connectivity index (χ4n) is 4.20. The number of carbonyl (C=O) groups is 2. The third-order valence-corrected chi connectivity index (χ3v) is 6.44. The zero-order chi connectivity index (χ0) is 20.0. The number of anilines is 1. The van der Waals surface area contributed by atoms with Gasteiger partial charge in [0.1, 0.15) is 5.70 Å². The van der Waals surface area contributed by atoms with Gasteiger partial charge in [0.25, 0.3) is 11.8 Å². The average Bonchev–Trinajstić information content (AvgIpc) is 3.19. The number of thiophene rings is 1. The Bertz CT molecular complexity index is 941. The molecule has 2 amide bonds. The maximum Gasteiger partial charge on any atom is 0.282 e. The van der Waals surface area contributed by atoms with Crippen molar-refractivity contribution in [1.29, 1.82) is 0 Å². The van der Waals surface area contributed by atoms with Crippen molar-refractivity contribution in [2.45, 2.75) is 20.3 Å². The first-order chi connectivity index (χ1) is 13.3. The van der Waals surface area contributed by atoms with Gasteiger partial charge in [-0.25, -0.2) is 4.90 Å². The predicted octanol–water partition coefficient (Wildman–Crippen LogP) is 5.32. The lowest BCUT2D eigenvalue weighted by Crippen LogP contribution is -2.42. The summed E-state index contributed by atoms with van der Waals surface area (Å²) in [6, 6.07) is 8.55. The van der Waals surface area contributed by atoms with Crippen molar-refractivity contribution in [3.8, 4) is 0 Å². The summed E-state index contributed by atoms with van der Waals surface area (Å²) in [5, 5.41) is 2.68. The number of benzene rings is 1. The average molecular weight is 435 g/mol. The number of rotatable bonds is 3. The van der Waals surface area contributed by atoms with E-state index in [1.165, 1.54) is 16.2 Å². The molecule has 28 heavy (non-hydrogen) atoms. The summed E-state index contributed by atoms with van der Waals surface area (Å²) < 4.78 is 0. The molecular formula is C21H20Cl2N2O2S. The van der Waals surface area contributed by atoms with Gasteiger partial charge in [0.05, 0.1) is 11.3 Å². The number of likely N-dealkylation sites (tertiary alicyclic amines) is 1. The molecule has 2 aliphatic rings. The molecule has 0 spiro atoms. The molecule has 1 aromatic heterocycles. The van der Waals surface area contributed by atoms with Crippen molar-refractivity contribution in [3.63, 3.8) is 0 Å². The van der Waals surface area contributed by atoms with E-state index in [1.54, 1.807) is 18.2 Å². The van der Waals surface area contributed by atoms with E-state index in [0.29, 0.717) is 38.8 Å². The minimum Gasteiger partial charge on any atom is -0.366 e. The van der Waals surface area contributed by atoms with Gasteiger partial charge < -0.3 is 4.90 Å². The fourth-order valence-corrected chi connectivity index (χ4v) is 5.48. The van der Waals surface area contributed by atoms with Gasteiger partial charge in [0.15, 0.2) is 0 Å². The van der Waals surface area contributed by atoms with E-state index in [4.69, 9.17) is 23.2 Å². The van der Waals surface area contributed by atoms with Crippen LogP contribution in [0.4, 0.5) is 5.69 Å². The number of hydrogen-bond acceptors (Lipinski definition) is 4. The maximum atomic E-state index is 13.5. The first kappa shape index (κ1) is 19.5. The van der Waals surface area contributed by atoms with E-state index in [0.717, 1.165) is 24.4 Å². The lowest BCUT2D eigenvalue weighted by Gasteiger charge is -2.37. The zero-order valence-electron chi connectivity index (χ0n) is 15.6. The summed E-state index contributed by atoms with van der Waals surface area (Å²) >= 11 is 13.7. The van der Waals surface area contributed by atoms with Gasteiger partial charge in [0.2, 0.25) is 0 Å². The predicted molar refractivity (Wildman–Crippen MR) is 115 cm³/mol. The molecule has 2 atom stereocenters. The van der Waals surface area contributed by atoms with Crippen molar-refractivity contribution < 1.29 is 9.59 Å². The van der Waals surface area contributed by atoms with Crippen molar-refractivity contribution in [1.82, 2.24) is 4.90 Å². The van der Waals surface area contributed by atoms with Crippen molar-refractivity contribution in [2.24, 2.45) is 11.8 Å². The Balaban J connectivity index is 1.82. The van der Waals surface area contributed by atoms with Crippen LogP contribution in [0.15, 0.2) is 41.4 Å². The highest BCUT2D eigenvalue weighted by Gasteiger charge is 2.44. The number of carbonyl (C=O) groups excluding carboxylic acids is 2. The van der Waals surface area contributed by atoms with E-state index in [9.17, 15) is 9.59 Å². The molecular weight excluding hydrogens is 415 g/mol. The molecule has 1 fully saturated rings. The van der Waals surface area contributed by atoms with Crippen LogP contribution < -0.4 is 4.90 Å². The summed E-state index contributed by atoms with van der Waals surface area (Å²) in [6.45, 7) is 5.89. The van der Waals surface area contributed by atoms with Crippen LogP contribution in [0.3, 0.4) is 0 Å². The normalized spacial score (nSPS) is 23.1. The summed E-state index contributed by atoms with van der Waals surface area (Å²) in [7, 11) is 0. The van der Waals surface area contributed by atoms with Crippen LogP contribution in [0, 0.1) is 11.8 Å². The van der Waals surface area contributed by atoms with Gasteiger partial charge in [-0.1, -0.05) is 43.1 Å². The van der Waals surface area contributed by atoms with Crippen LogP contribution in [-0.2, 0) is 9.59 Å². The quantitative estimate of drug-likeness (QED) is 0.613. The van der Waals surface area contributed by atoms with Gasteiger partial charge in [0, 0.05) is 28.0 Å². The fraction of sp³-hybridized carbons (Fsp3) is 0.333. The van der Waals surface area contributed by atoms with Crippen LogP contribution in [0.5, 0.6) is 0 Å². The van der Waals surface area contributed by atoms with Gasteiger partial charge in [-0.15, -0.1) is 11.3 Å². The van der Waals surface area contributed by atoms with E-state index >= 15 is 0 Å². The van der Waals surface area contributed by atoms with Crippen LogP contribution in [-0.4, -0.2) is 29.8 Å². The third kappa shape index (κ3) is 3.47. The van der Waals surface area contributed by atoms with Gasteiger partial charge >= 0.3 is 0 Å². The summed E-state index contributed by atoms with van der Waals surface area (Å²) in [5.74, 6) is 0.275. The van der Waals surface area contributed by atoms with Gasteiger partial charge in [-0.05, 0) is 47.9 Å². The number of piperidine rings is 1. The molecule has 1 saturated heterocycles. The Morgan fingerprint density at radius 3 is 2.21 bits per heavy atom. The first-order valence-corrected chi connectivity index (χ1v) is 10.9. The SMILES string of the molecule is CC1CC(C)CN(C2=C(c3cccs3)C(=O)N(c3cc(Cl)cc(Cl)c3)C2=O)C1. The van der Waals surface area contributed by atoms with E-state index < -0.39 is 0 Å².